The fraction of sp³-hybridized carbons (Fsp3) is 0.267. The monoisotopic (exact) mass is 808 g/mol. The molecule has 4 unspecified atom stereocenters. The van der Waals surface area contributed by atoms with Gasteiger partial charge in [-0.05, 0) is 156 Å². The van der Waals surface area contributed by atoms with Crippen molar-refractivity contribution in [3.05, 3.63) is 190 Å². The van der Waals surface area contributed by atoms with Gasteiger partial charge in [0.05, 0.1) is 17.4 Å². The first-order valence-corrected chi connectivity index (χ1v) is 23.2. The molecule has 310 valence electrons. The van der Waals surface area contributed by atoms with Crippen LogP contribution in [0.3, 0.4) is 0 Å². The van der Waals surface area contributed by atoms with Gasteiger partial charge in [-0.2, -0.15) is 0 Å². The molecule has 7 aromatic carbocycles. The van der Waals surface area contributed by atoms with Crippen molar-refractivity contribution in [2.75, 3.05) is 9.80 Å². The number of benzene rings is 7. The number of fused-ring (bicyclic) bond motifs is 2. The summed E-state index contributed by atoms with van der Waals surface area (Å²) in [6.07, 6.45) is 23.1. The van der Waals surface area contributed by atoms with Crippen molar-refractivity contribution in [3.63, 3.8) is 0 Å². The van der Waals surface area contributed by atoms with E-state index in [9.17, 15) is 0 Å². The molecular weight excluding hydrogens is 749 g/mol. The van der Waals surface area contributed by atoms with Crippen LogP contribution in [0.5, 0.6) is 0 Å². The number of hydrogen-bond acceptors (Lipinski definition) is 2. The quantitative estimate of drug-likeness (QED) is 0.127. The molecule has 7 aromatic rings. The molecule has 2 nitrogen and oxygen atoms in total. The highest BCUT2D eigenvalue weighted by molar-refractivity contribution is 6.29. The molecule has 0 aliphatic heterocycles. The van der Waals surface area contributed by atoms with Gasteiger partial charge in [0.1, 0.15) is 0 Å². The van der Waals surface area contributed by atoms with Crippen LogP contribution in [0.1, 0.15) is 101 Å². The third-order valence-electron chi connectivity index (χ3n) is 14.3. The normalized spacial score (nSPS) is 18.5. The van der Waals surface area contributed by atoms with Crippen LogP contribution in [0.2, 0.25) is 0 Å². The number of nitrogens with zero attached hydrogens (tertiary/aromatic N) is 2. The van der Waals surface area contributed by atoms with Crippen molar-refractivity contribution in [1.29, 1.82) is 0 Å². The maximum absolute atomic E-state index is 2.74. The van der Waals surface area contributed by atoms with Gasteiger partial charge in [0.25, 0.3) is 0 Å². The molecule has 10 rings (SSSR count). The lowest BCUT2D eigenvalue weighted by Gasteiger charge is -2.40. The molecule has 0 amide bonds. The van der Waals surface area contributed by atoms with Gasteiger partial charge in [0, 0.05) is 39.1 Å². The Bertz CT molecular complexity index is 3060. The number of hydrogen-bond donors (Lipinski definition) is 0. The van der Waals surface area contributed by atoms with Gasteiger partial charge in [0.2, 0.25) is 0 Å². The second kappa shape index (κ2) is 16.0. The number of rotatable bonds is 10. The Kier molecular flexibility index (Phi) is 10.3. The molecule has 0 bridgehead atoms. The number of allylic oxidation sites excluding steroid dienone is 9. The van der Waals surface area contributed by atoms with E-state index in [2.05, 4.69) is 211 Å². The first kappa shape index (κ1) is 40.0. The summed E-state index contributed by atoms with van der Waals surface area (Å²) in [5.41, 5.74) is 15.9. The van der Waals surface area contributed by atoms with Crippen molar-refractivity contribution >= 4 is 65.8 Å². The molecule has 0 spiro atoms. The lowest BCUT2D eigenvalue weighted by Crippen LogP contribution is -2.36. The average molecular weight is 809 g/mol. The highest BCUT2D eigenvalue weighted by Gasteiger charge is 2.32. The maximum Gasteiger partial charge on any atom is 0.0565 e. The summed E-state index contributed by atoms with van der Waals surface area (Å²) in [6.45, 7) is 18.6. The third kappa shape index (κ3) is 6.71. The van der Waals surface area contributed by atoms with Gasteiger partial charge < -0.3 is 9.80 Å². The van der Waals surface area contributed by atoms with E-state index in [1.165, 1.54) is 111 Å². The zero-order valence-electron chi connectivity index (χ0n) is 37.9. The van der Waals surface area contributed by atoms with E-state index >= 15 is 0 Å². The van der Waals surface area contributed by atoms with E-state index in [0.717, 1.165) is 25.7 Å². The molecule has 0 saturated carbocycles. The van der Waals surface area contributed by atoms with E-state index in [1.807, 2.05) is 0 Å². The van der Waals surface area contributed by atoms with Crippen molar-refractivity contribution in [1.82, 2.24) is 0 Å². The predicted molar refractivity (Wildman–Crippen MR) is 270 cm³/mol. The van der Waals surface area contributed by atoms with Gasteiger partial charge >= 0.3 is 0 Å². The van der Waals surface area contributed by atoms with Gasteiger partial charge in [-0.3, -0.25) is 0 Å². The Morgan fingerprint density at radius 1 is 0.629 bits per heavy atom. The maximum atomic E-state index is 2.74. The lowest BCUT2D eigenvalue weighted by molar-refractivity contribution is 0.697. The lowest BCUT2D eigenvalue weighted by atomic mass is 9.81. The highest BCUT2D eigenvalue weighted by Crippen LogP contribution is 2.52. The molecule has 3 aliphatic carbocycles. The summed E-state index contributed by atoms with van der Waals surface area (Å²) < 4.78 is 0. The molecule has 0 radical (unpaired) electrons. The number of aryl methyl sites for hydroxylation is 2. The van der Waals surface area contributed by atoms with Gasteiger partial charge in [-0.15, -0.1) is 0 Å². The minimum atomic E-state index is 0.186. The summed E-state index contributed by atoms with van der Waals surface area (Å²) in [5.74, 6) is 1.13. The van der Waals surface area contributed by atoms with Crippen LogP contribution in [0.4, 0.5) is 22.7 Å². The van der Waals surface area contributed by atoms with Crippen LogP contribution in [0.15, 0.2) is 168 Å². The first-order valence-electron chi connectivity index (χ1n) is 23.2. The molecule has 0 N–H and O–H groups in total. The molecule has 4 atom stereocenters. The second-order valence-corrected chi connectivity index (χ2v) is 18.7. The summed E-state index contributed by atoms with van der Waals surface area (Å²) >= 11 is 0. The Balaban J connectivity index is 1.35. The fourth-order valence-electron chi connectivity index (χ4n) is 11.1. The van der Waals surface area contributed by atoms with Crippen LogP contribution in [0, 0.1) is 19.8 Å². The molecule has 0 heterocycles. The van der Waals surface area contributed by atoms with Crippen LogP contribution < -0.4 is 9.80 Å². The minimum absolute atomic E-state index is 0.186. The molecule has 0 fully saturated rings. The van der Waals surface area contributed by atoms with Gasteiger partial charge in [-0.25, -0.2) is 0 Å². The number of anilines is 4. The zero-order valence-corrected chi connectivity index (χ0v) is 37.9. The van der Waals surface area contributed by atoms with E-state index < -0.39 is 0 Å². The largest absolute Gasteiger partial charge is 0.333 e. The first-order chi connectivity index (χ1) is 30.1. The third-order valence-corrected chi connectivity index (χ3v) is 14.3. The standard InChI is InChI=1S/C60H60N2/c1-9-41(7)53-35-57(61(45-31-37(3)29-38(4)32-45)55-23-15-19-43-17-11-13-21-47(43)55)51-28-26-50-54(42(8)10-2)36-58(52-27-25-49(53)59(51)60(50)52)62(46-33-39(5)30-40(6)34-46)56-24-16-20-44-18-12-14-22-48(44)56/h11-19,21-33,35-36,41-42,44,46H,9-10,20,34H2,1-8H3. The average Bonchev–Trinajstić information content (AvgIpc) is 3.27. The smallest absolute Gasteiger partial charge is 0.0565 e. The molecule has 3 aliphatic rings. The molecule has 62 heavy (non-hydrogen) atoms. The van der Waals surface area contributed by atoms with Crippen LogP contribution >= 0.6 is 0 Å². The Morgan fingerprint density at radius 3 is 1.97 bits per heavy atom. The SMILES string of the molecule is CCC(C)c1cc(N(c2cc(C)cc(C)c2)c2cccc3ccccc23)c2ccc3c(C(C)CC)cc(N(C4=C5C=CC=CC5CC=C4)C4C=C(C)C=C(C)C4)c4ccc1c2c34. The Hall–Kier alpha value is -6.12. The van der Waals surface area contributed by atoms with Crippen LogP contribution in [-0.4, -0.2) is 6.04 Å². The second-order valence-electron chi connectivity index (χ2n) is 18.7. The summed E-state index contributed by atoms with van der Waals surface area (Å²) in [6, 6.07) is 37.9. The van der Waals surface area contributed by atoms with Crippen LogP contribution in [-0.2, 0) is 0 Å². The van der Waals surface area contributed by atoms with Crippen molar-refractivity contribution in [2.45, 2.75) is 99.0 Å². The highest BCUT2D eigenvalue weighted by atomic mass is 15.2. The summed E-state index contributed by atoms with van der Waals surface area (Å²) in [5, 5.41) is 10.7. The van der Waals surface area contributed by atoms with Crippen LogP contribution in [0.25, 0.3) is 43.1 Å². The van der Waals surface area contributed by atoms with Gasteiger partial charge in [0.15, 0.2) is 0 Å². The molecular formula is C60H60N2. The van der Waals surface area contributed by atoms with E-state index in [4.69, 9.17) is 0 Å². The summed E-state index contributed by atoms with van der Waals surface area (Å²) in [4.78, 5) is 5.32. The van der Waals surface area contributed by atoms with E-state index in [1.54, 1.807) is 0 Å². The van der Waals surface area contributed by atoms with E-state index in [0.29, 0.717) is 17.8 Å². The fourth-order valence-corrected chi connectivity index (χ4v) is 11.1. The zero-order chi connectivity index (χ0) is 42.8. The summed E-state index contributed by atoms with van der Waals surface area (Å²) in [7, 11) is 0. The molecule has 0 aromatic heterocycles. The Labute approximate surface area is 369 Å². The molecule has 0 saturated heterocycles. The minimum Gasteiger partial charge on any atom is -0.333 e. The van der Waals surface area contributed by atoms with Crippen molar-refractivity contribution < 1.29 is 0 Å². The Morgan fingerprint density at radius 2 is 1.27 bits per heavy atom. The van der Waals surface area contributed by atoms with Crippen molar-refractivity contribution in [2.24, 2.45) is 5.92 Å². The topological polar surface area (TPSA) is 6.48 Å². The van der Waals surface area contributed by atoms with Crippen molar-refractivity contribution in [3.8, 4) is 0 Å². The molecule has 2 heteroatoms. The predicted octanol–water partition coefficient (Wildman–Crippen LogP) is 17.3. The van der Waals surface area contributed by atoms with Gasteiger partial charge in [-0.1, -0.05) is 148 Å². The van der Waals surface area contributed by atoms with E-state index in [-0.39, 0.29) is 6.04 Å².